The normalized spacial score (nSPS) is 19.8. The summed E-state index contributed by atoms with van der Waals surface area (Å²) in [6, 6.07) is 3.79. The number of nitrogens with one attached hydrogen (secondary N) is 2. The molecule has 0 unspecified atom stereocenters. The first-order chi connectivity index (χ1) is 12.2. The van der Waals surface area contributed by atoms with Gasteiger partial charge in [-0.05, 0) is 62.1 Å². The van der Waals surface area contributed by atoms with Crippen molar-refractivity contribution in [3.05, 3.63) is 22.8 Å². The smallest absolute Gasteiger partial charge is 0.0428 e. The molecule has 1 aromatic carbocycles. The molecule has 25 heavy (non-hydrogen) atoms. The molecule has 2 fully saturated rings. The van der Waals surface area contributed by atoms with Gasteiger partial charge in [-0.15, -0.1) is 0 Å². The van der Waals surface area contributed by atoms with E-state index in [9.17, 15) is 0 Å². The average Bonchev–Trinajstić information content (AvgIpc) is 2.66. The van der Waals surface area contributed by atoms with Crippen LogP contribution in [0, 0.1) is 6.92 Å². The zero-order chi connectivity index (χ0) is 17.6. The van der Waals surface area contributed by atoms with Gasteiger partial charge in [0.2, 0.25) is 0 Å². The Morgan fingerprint density at radius 1 is 0.760 bits per heavy atom. The highest BCUT2D eigenvalue weighted by Crippen LogP contribution is 2.36. The summed E-state index contributed by atoms with van der Waals surface area (Å²) in [5.74, 6) is 0. The Balaban J connectivity index is 1.89. The Morgan fingerprint density at radius 2 is 1.28 bits per heavy atom. The minimum atomic E-state index is 0.674. The van der Waals surface area contributed by atoms with Crippen molar-refractivity contribution >= 4 is 11.4 Å². The zero-order valence-electron chi connectivity index (χ0n) is 16.7. The summed E-state index contributed by atoms with van der Waals surface area (Å²) in [6.45, 7) is 6.93. The van der Waals surface area contributed by atoms with Gasteiger partial charge in [0, 0.05) is 23.5 Å². The van der Waals surface area contributed by atoms with Crippen molar-refractivity contribution in [2.45, 2.75) is 110 Å². The van der Waals surface area contributed by atoms with Crippen LogP contribution in [0.3, 0.4) is 0 Å². The number of hydrogen-bond donors (Lipinski definition) is 2. The van der Waals surface area contributed by atoms with Gasteiger partial charge in [-0.1, -0.05) is 58.4 Å². The molecular weight excluding hydrogens is 304 g/mol. The number of benzene rings is 1. The maximum Gasteiger partial charge on any atom is 0.0428 e. The van der Waals surface area contributed by atoms with Gasteiger partial charge >= 0.3 is 0 Å². The van der Waals surface area contributed by atoms with E-state index in [1.54, 1.807) is 0 Å². The van der Waals surface area contributed by atoms with E-state index in [2.05, 4.69) is 37.5 Å². The van der Waals surface area contributed by atoms with Crippen LogP contribution in [0.15, 0.2) is 6.07 Å². The Kier molecular flexibility index (Phi) is 6.67. The summed E-state index contributed by atoms with van der Waals surface area (Å²) in [5, 5.41) is 7.94. The standard InChI is InChI=1S/C23H38N2/c1-4-18-16-17(3)22(24-19-12-8-6-9-13-19)21(5-2)23(18)25-20-14-10-7-11-15-20/h16,19-20,24-25H,4-15H2,1-3H3. The first kappa shape index (κ1) is 18.6. The topological polar surface area (TPSA) is 24.1 Å². The molecule has 0 amide bonds. The van der Waals surface area contributed by atoms with E-state index < -0.39 is 0 Å². The van der Waals surface area contributed by atoms with Crippen molar-refractivity contribution < 1.29 is 0 Å². The van der Waals surface area contributed by atoms with Gasteiger partial charge < -0.3 is 10.6 Å². The van der Waals surface area contributed by atoms with Gasteiger partial charge in [0.15, 0.2) is 0 Å². The maximum atomic E-state index is 3.98. The molecule has 1 aromatic rings. The number of hydrogen-bond acceptors (Lipinski definition) is 2. The molecule has 140 valence electrons. The molecule has 2 heteroatoms. The van der Waals surface area contributed by atoms with Gasteiger partial charge in [-0.2, -0.15) is 0 Å². The van der Waals surface area contributed by atoms with Crippen LogP contribution < -0.4 is 10.6 Å². The summed E-state index contributed by atoms with van der Waals surface area (Å²) < 4.78 is 0. The second kappa shape index (κ2) is 8.96. The average molecular weight is 343 g/mol. The first-order valence-corrected chi connectivity index (χ1v) is 10.9. The van der Waals surface area contributed by atoms with Crippen molar-refractivity contribution in [2.24, 2.45) is 0 Å². The molecule has 2 aliphatic rings. The van der Waals surface area contributed by atoms with Crippen LogP contribution in [0.2, 0.25) is 0 Å². The molecule has 0 heterocycles. The predicted octanol–water partition coefficient (Wildman–Crippen LogP) is 6.61. The van der Waals surface area contributed by atoms with Gasteiger partial charge in [0.1, 0.15) is 0 Å². The molecule has 3 rings (SSSR count). The molecule has 0 saturated heterocycles. The van der Waals surface area contributed by atoms with Crippen LogP contribution in [-0.2, 0) is 12.8 Å². The molecule has 2 nitrogen and oxygen atoms in total. The molecule has 0 radical (unpaired) electrons. The summed E-state index contributed by atoms with van der Waals surface area (Å²) in [6.07, 6.45) is 16.0. The largest absolute Gasteiger partial charge is 0.382 e. The molecule has 0 atom stereocenters. The van der Waals surface area contributed by atoms with Crippen molar-refractivity contribution in [3.8, 4) is 0 Å². The van der Waals surface area contributed by atoms with Crippen LogP contribution in [0.4, 0.5) is 11.4 Å². The van der Waals surface area contributed by atoms with E-state index in [4.69, 9.17) is 0 Å². The van der Waals surface area contributed by atoms with Gasteiger partial charge in [0.25, 0.3) is 0 Å². The summed E-state index contributed by atoms with van der Waals surface area (Å²) in [5.41, 5.74) is 7.38. The van der Waals surface area contributed by atoms with E-state index in [0.29, 0.717) is 12.1 Å². The second-order valence-corrected chi connectivity index (χ2v) is 8.25. The Hall–Kier alpha value is -1.18. The predicted molar refractivity (Wildman–Crippen MR) is 111 cm³/mol. The Bertz CT molecular complexity index is 552. The van der Waals surface area contributed by atoms with Crippen LogP contribution in [0.5, 0.6) is 0 Å². The fraction of sp³-hybridized carbons (Fsp3) is 0.739. The Labute approximate surface area is 155 Å². The van der Waals surface area contributed by atoms with Crippen molar-refractivity contribution in [3.63, 3.8) is 0 Å². The molecule has 0 spiro atoms. The molecule has 2 saturated carbocycles. The summed E-state index contributed by atoms with van der Waals surface area (Å²) in [7, 11) is 0. The minimum Gasteiger partial charge on any atom is -0.382 e. The van der Waals surface area contributed by atoms with Gasteiger partial charge in [-0.3, -0.25) is 0 Å². The van der Waals surface area contributed by atoms with E-state index >= 15 is 0 Å². The highest BCUT2D eigenvalue weighted by atomic mass is 15.0. The quantitative estimate of drug-likeness (QED) is 0.608. The van der Waals surface area contributed by atoms with Crippen LogP contribution >= 0.6 is 0 Å². The van der Waals surface area contributed by atoms with Gasteiger partial charge in [-0.25, -0.2) is 0 Å². The van der Waals surface area contributed by atoms with Crippen LogP contribution in [0.25, 0.3) is 0 Å². The number of anilines is 2. The molecular formula is C23H38N2. The lowest BCUT2D eigenvalue weighted by Crippen LogP contribution is -2.26. The monoisotopic (exact) mass is 342 g/mol. The van der Waals surface area contributed by atoms with E-state index in [-0.39, 0.29) is 0 Å². The molecule has 2 aliphatic carbocycles. The third-order valence-electron chi connectivity index (χ3n) is 6.35. The minimum absolute atomic E-state index is 0.674. The fourth-order valence-electron chi connectivity index (χ4n) is 4.88. The third-order valence-corrected chi connectivity index (χ3v) is 6.35. The maximum absolute atomic E-state index is 3.98. The lowest BCUT2D eigenvalue weighted by atomic mass is 9.91. The highest BCUT2D eigenvalue weighted by molar-refractivity contribution is 5.73. The van der Waals surface area contributed by atoms with E-state index in [1.807, 2.05) is 0 Å². The van der Waals surface area contributed by atoms with Crippen molar-refractivity contribution in [1.29, 1.82) is 0 Å². The number of aryl methyl sites for hydroxylation is 2. The number of rotatable bonds is 6. The first-order valence-electron chi connectivity index (χ1n) is 10.9. The Morgan fingerprint density at radius 3 is 1.76 bits per heavy atom. The second-order valence-electron chi connectivity index (χ2n) is 8.25. The third kappa shape index (κ3) is 4.51. The van der Waals surface area contributed by atoms with E-state index in [1.165, 1.54) is 92.3 Å². The summed E-state index contributed by atoms with van der Waals surface area (Å²) >= 11 is 0. The SMILES string of the molecule is CCc1cc(C)c(NC2CCCCC2)c(CC)c1NC1CCCCC1. The lowest BCUT2D eigenvalue weighted by molar-refractivity contribution is 0.461. The van der Waals surface area contributed by atoms with Crippen LogP contribution in [0.1, 0.15) is 94.7 Å². The zero-order valence-corrected chi connectivity index (χ0v) is 16.7. The van der Waals surface area contributed by atoms with Gasteiger partial charge in [0.05, 0.1) is 0 Å². The lowest BCUT2D eigenvalue weighted by Gasteiger charge is -2.31. The van der Waals surface area contributed by atoms with Crippen LogP contribution in [-0.4, -0.2) is 12.1 Å². The highest BCUT2D eigenvalue weighted by Gasteiger charge is 2.21. The fourth-order valence-corrected chi connectivity index (χ4v) is 4.88. The van der Waals surface area contributed by atoms with Crippen molar-refractivity contribution in [1.82, 2.24) is 0 Å². The molecule has 0 aromatic heterocycles. The van der Waals surface area contributed by atoms with E-state index in [0.717, 1.165) is 12.8 Å². The molecule has 0 aliphatic heterocycles. The molecule has 0 bridgehead atoms. The summed E-state index contributed by atoms with van der Waals surface area (Å²) in [4.78, 5) is 0. The molecule has 2 N–H and O–H groups in total. The van der Waals surface area contributed by atoms with Crippen molar-refractivity contribution in [2.75, 3.05) is 10.6 Å².